The van der Waals surface area contributed by atoms with Crippen LogP contribution >= 0.6 is 11.3 Å². The van der Waals surface area contributed by atoms with Gasteiger partial charge in [0.05, 0.1) is 11.6 Å². The van der Waals surface area contributed by atoms with Crippen LogP contribution < -0.4 is 9.64 Å². The van der Waals surface area contributed by atoms with Gasteiger partial charge in [0.15, 0.2) is 5.13 Å². The van der Waals surface area contributed by atoms with Gasteiger partial charge in [-0.15, -0.1) is 11.3 Å². The highest BCUT2D eigenvalue weighted by atomic mass is 32.1. The number of benzene rings is 2. The van der Waals surface area contributed by atoms with Gasteiger partial charge in [0.2, 0.25) is 0 Å². The van der Waals surface area contributed by atoms with Gasteiger partial charge in [-0.25, -0.2) is 4.98 Å². The van der Waals surface area contributed by atoms with E-state index < -0.39 is 5.97 Å². The van der Waals surface area contributed by atoms with Gasteiger partial charge in [0.25, 0.3) is 0 Å². The second-order valence-electron chi connectivity index (χ2n) is 12.3. The third-order valence-corrected chi connectivity index (χ3v) is 10.6. The Morgan fingerprint density at radius 1 is 1.07 bits per heavy atom. The minimum absolute atomic E-state index is 0.197. The maximum absolute atomic E-state index is 11.8. The molecule has 3 aliphatic heterocycles. The molecule has 216 valence electrons. The van der Waals surface area contributed by atoms with Crippen molar-refractivity contribution >= 4 is 22.4 Å². The fourth-order valence-corrected chi connectivity index (χ4v) is 8.37. The molecule has 2 aromatic carbocycles. The van der Waals surface area contributed by atoms with Gasteiger partial charge >= 0.3 is 5.97 Å². The highest BCUT2D eigenvalue weighted by Gasteiger charge is 2.46. The summed E-state index contributed by atoms with van der Waals surface area (Å²) in [4.78, 5) is 21.8. The summed E-state index contributed by atoms with van der Waals surface area (Å²) >= 11 is 1.65. The maximum atomic E-state index is 11.8. The fraction of sp³-hybridized carbons (Fsp3) is 0.515. The number of aryl methyl sites for hydroxylation is 1. The Labute approximate surface area is 246 Å². The van der Waals surface area contributed by atoms with Gasteiger partial charge in [-0.3, -0.25) is 9.69 Å². The summed E-state index contributed by atoms with van der Waals surface area (Å²) in [6.45, 7) is 8.11. The molecule has 3 fully saturated rings. The topological polar surface area (TPSA) is 75.1 Å². The molecule has 8 heteroatoms. The van der Waals surface area contributed by atoms with Crippen LogP contribution in [0.5, 0.6) is 5.75 Å². The smallest absolute Gasteiger partial charge is 0.307 e. The number of fused-ring (bicyclic) bond motifs is 3. The van der Waals surface area contributed by atoms with Crippen molar-refractivity contribution in [1.29, 1.82) is 0 Å². The van der Waals surface area contributed by atoms with E-state index in [0.29, 0.717) is 12.6 Å². The molecule has 7 rings (SSSR count). The van der Waals surface area contributed by atoms with Crippen molar-refractivity contribution in [1.82, 2.24) is 9.88 Å². The molecule has 0 radical (unpaired) electrons. The lowest BCUT2D eigenvalue weighted by Gasteiger charge is -2.37. The number of thiazole rings is 1. The molecule has 2 bridgehead atoms. The predicted octanol–water partition coefficient (Wildman–Crippen LogP) is 5.78. The van der Waals surface area contributed by atoms with Gasteiger partial charge in [0, 0.05) is 56.4 Å². The summed E-state index contributed by atoms with van der Waals surface area (Å²) in [5, 5.41) is 12.8. The van der Waals surface area contributed by atoms with Crippen LogP contribution in [0.25, 0.3) is 11.3 Å². The second kappa shape index (κ2) is 11.4. The van der Waals surface area contributed by atoms with E-state index in [-0.39, 0.29) is 17.8 Å². The summed E-state index contributed by atoms with van der Waals surface area (Å²) in [5.74, 6) is 0.461. The molecule has 2 saturated heterocycles. The SMILES string of the molecule is Cc1ccc(OCc2ccc3c(c2)CCN(C2CCOCC2)C3)c(-c2csc(N3C[C@H]4CC[C@@H](C3)C4C(=O)O)n2)c1. The molecule has 1 saturated carbocycles. The Morgan fingerprint density at radius 2 is 1.88 bits per heavy atom. The molecular weight excluding hydrogens is 534 g/mol. The summed E-state index contributed by atoms with van der Waals surface area (Å²) < 4.78 is 12.0. The number of anilines is 1. The number of carboxylic acids is 1. The standard InChI is InChI=1S/C33H39N3O4S/c1-21-2-7-30(40-19-22-3-4-24-16-35(11-8-23(24)15-22)27-9-12-39-13-10-27)28(14-21)29-20-41-33(34-29)36-17-25-5-6-26(18-36)31(25)32(37)38/h2-4,7,14-15,20,25-27,31H,5-6,8-13,16-19H2,1H3,(H,37,38)/t25-,26+,31?. The number of hydrogen-bond donors (Lipinski definition) is 1. The first kappa shape index (κ1) is 26.9. The van der Waals surface area contributed by atoms with Crippen LogP contribution in [-0.4, -0.2) is 59.8 Å². The Morgan fingerprint density at radius 3 is 2.66 bits per heavy atom. The zero-order valence-corrected chi connectivity index (χ0v) is 24.6. The summed E-state index contributed by atoms with van der Waals surface area (Å²) in [6, 6.07) is 13.8. The van der Waals surface area contributed by atoms with Crippen LogP contribution in [0.1, 0.15) is 47.9 Å². The van der Waals surface area contributed by atoms with E-state index >= 15 is 0 Å². The number of piperidine rings is 1. The number of aliphatic carboxylic acids is 1. The molecule has 7 nitrogen and oxygen atoms in total. The van der Waals surface area contributed by atoms with E-state index in [2.05, 4.69) is 58.5 Å². The largest absolute Gasteiger partial charge is 0.488 e. The lowest BCUT2D eigenvalue weighted by Crippen LogP contribution is -2.44. The highest BCUT2D eigenvalue weighted by molar-refractivity contribution is 7.14. The van der Waals surface area contributed by atoms with Crippen LogP contribution in [0.3, 0.4) is 0 Å². The van der Waals surface area contributed by atoms with Crippen LogP contribution in [0.4, 0.5) is 5.13 Å². The maximum Gasteiger partial charge on any atom is 0.307 e. The zero-order chi connectivity index (χ0) is 27.9. The highest BCUT2D eigenvalue weighted by Crippen LogP contribution is 2.44. The number of carbonyl (C=O) groups is 1. The van der Waals surface area contributed by atoms with Crippen molar-refractivity contribution in [3.63, 3.8) is 0 Å². The van der Waals surface area contributed by atoms with E-state index in [0.717, 1.165) is 93.6 Å². The molecule has 4 aliphatic rings. The lowest BCUT2D eigenvalue weighted by atomic mass is 9.85. The first-order valence-corrected chi connectivity index (χ1v) is 16.0. The molecule has 1 aromatic heterocycles. The first-order valence-electron chi connectivity index (χ1n) is 15.1. The minimum atomic E-state index is -0.630. The number of hydrogen-bond acceptors (Lipinski definition) is 7. The number of nitrogens with zero attached hydrogens (tertiary/aromatic N) is 3. The number of carboxylic acid groups (broad SMARTS) is 1. The molecule has 1 unspecified atom stereocenters. The van der Waals surface area contributed by atoms with E-state index in [1.807, 2.05) is 0 Å². The van der Waals surface area contributed by atoms with Crippen molar-refractivity contribution < 1.29 is 19.4 Å². The zero-order valence-electron chi connectivity index (χ0n) is 23.8. The molecule has 4 heterocycles. The molecular formula is C33H39N3O4S. The molecule has 0 amide bonds. The predicted molar refractivity (Wildman–Crippen MR) is 161 cm³/mol. The van der Waals surface area contributed by atoms with Crippen molar-refractivity contribution in [3.05, 3.63) is 64.0 Å². The van der Waals surface area contributed by atoms with Crippen LogP contribution in [0, 0.1) is 24.7 Å². The average molecular weight is 574 g/mol. The summed E-state index contributed by atoms with van der Waals surface area (Å²) in [6.07, 6.45) is 5.38. The molecule has 3 atom stereocenters. The minimum Gasteiger partial charge on any atom is -0.488 e. The van der Waals surface area contributed by atoms with Crippen molar-refractivity contribution in [2.75, 3.05) is 37.7 Å². The van der Waals surface area contributed by atoms with Crippen LogP contribution in [0.2, 0.25) is 0 Å². The Bertz CT molecular complexity index is 1400. The molecule has 3 aromatic rings. The Balaban J connectivity index is 1.04. The molecule has 0 spiro atoms. The third-order valence-electron chi connectivity index (χ3n) is 9.71. The van der Waals surface area contributed by atoms with Gasteiger partial charge in [-0.1, -0.05) is 29.8 Å². The van der Waals surface area contributed by atoms with Gasteiger partial charge in [-0.2, -0.15) is 0 Å². The van der Waals surface area contributed by atoms with E-state index in [1.165, 1.54) is 22.3 Å². The Hall–Kier alpha value is -2.94. The monoisotopic (exact) mass is 573 g/mol. The summed E-state index contributed by atoms with van der Waals surface area (Å²) in [5.41, 5.74) is 7.20. The molecule has 1 aliphatic carbocycles. The van der Waals surface area contributed by atoms with E-state index in [9.17, 15) is 9.90 Å². The van der Waals surface area contributed by atoms with E-state index in [4.69, 9.17) is 14.5 Å². The number of aromatic nitrogens is 1. The first-order chi connectivity index (χ1) is 20.0. The van der Waals surface area contributed by atoms with Gasteiger partial charge in [0.1, 0.15) is 12.4 Å². The van der Waals surface area contributed by atoms with Gasteiger partial charge in [-0.05, 0) is 79.7 Å². The van der Waals surface area contributed by atoms with Crippen LogP contribution in [-0.2, 0) is 29.1 Å². The van der Waals surface area contributed by atoms with E-state index in [1.54, 1.807) is 11.3 Å². The summed E-state index contributed by atoms with van der Waals surface area (Å²) in [7, 11) is 0. The normalized spacial score (nSPS) is 24.8. The van der Waals surface area contributed by atoms with Crippen LogP contribution in [0.15, 0.2) is 41.8 Å². The average Bonchev–Trinajstić information content (AvgIpc) is 3.59. The third kappa shape index (κ3) is 5.49. The second-order valence-corrected chi connectivity index (χ2v) is 13.2. The Kier molecular flexibility index (Phi) is 7.48. The fourth-order valence-electron chi connectivity index (χ4n) is 7.53. The van der Waals surface area contributed by atoms with Crippen molar-refractivity contribution in [2.45, 2.75) is 58.2 Å². The van der Waals surface area contributed by atoms with Crippen molar-refractivity contribution in [2.24, 2.45) is 17.8 Å². The molecule has 41 heavy (non-hydrogen) atoms. The quantitative estimate of drug-likeness (QED) is 0.384. The number of ether oxygens (including phenoxy) is 2. The lowest BCUT2D eigenvalue weighted by molar-refractivity contribution is -0.144. The molecule has 1 N–H and O–H groups in total. The van der Waals surface area contributed by atoms with Crippen molar-refractivity contribution in [3.8, 4) is 17.0 Å². The number of rotatable bonds is 7. The van der Waals surface area contributed by atoms with Gasteiger partial charge < -0.3 is 19.5 Å².